The number of amides is 1. The Morgan fingerprint density at radius 2 is 1.93 bits per heavy atom. The van der Waals surface area contributed by atoms with Crippen molar-refractivity contribution < 1.29 is 14.3 Å². The van der Waals surface area contributed by atoms with Crippen molar-refractivity contribution in [1.82, 2.24) is 25.0 Å². The molecule has 3 aromatic rings. The molecule has 30 heavy (non-hydrogen) atoms. The van der Waals surface area contributed by atoms with Crippen molar-refractivity contribution >= 4 is 34.1 Å². The van der Waals surface area contributed by atoms with Gasteiger partial charge in [-0.25, -0.2) is 0 Å². The van der Waals surface area contributed by atoms with E-state index in [4.69, 9.17) is 9.47 Å². The van der Waals surface area contributed by atoms with Gasteiger partial charge in [0, 0.05) is 18.6 Å². The highest BCUT2D eigenvalue weighted by atomic mass is 32.2. The van der Waals surface area contributed by atoms with E-state index in [9.17, 15) is 4.79 Å². The molecule has 2 aromatic heterocycles. The summed E-state index contributed by atoms with van der Waals surface area (Å²) >= 11 is 2.70. The summed E-state index contributed by atoms with van der Waals surface area (Å²) in [6.07, 6.45) is 0. The van der Waals surface area contributed by atoms with E-state index in [1.807, 2.05) is 42.7 Å². The summed E-state index contributed by atoms with van der Waals surface area (Å²) in [5.74, 6) is 1.77. The SMILES string of the molecule is COCCn1c(SCC(=O)Nc2nnc(C(C)C)s2)nnc1-c1ccc(OC)cc1. The highest BCUT2D eigenvalue weighted by Crippen LogP contribution is 2.26. The minimum absolute atomic E-state index is 0.168. The summed E-state index contributed by atoms with van der Waals surface area (Å²) in [5, 5.41) is 21.5. The van der Waals surface area contributed by atoms with Gasteiger partial charge in [-0.1, -0.05) is 36.9 Å². The summed E-state index contributed by atoms with van der Waals surface area (Å²) in [6.45, 7) is 5.15. The number of thioether (sulfide) groups is 1. The van der Waals surface area contributed by atoms with Gasteiger partial charge >= 0.3 is 0 Å². The molecule has 9 nitrogen and oxygen atoms in total. The molecule has 2 heterocycles. The lowest BCUT2D eigenvalue weighted by atomic mass is 10.2. The zero-order chi connectivity index (χ0) is 21.5. The normalized spacial score (nSPS) is 11.1. The van der Waals surface area contributed by atoms with Gasteiger partial charge in [0.25, 0.3) is 0 Å². The molecule has 11 heteroatoms. The van der Waals surface area contributed by atoms with Gasteiger partial charge < -0.3 is 9.47 Å². The van der Waals surface area contributed by atoms with Gasteiger partial charge in [0.1, 0.15) is 10.8 Å². The lowest BCUT2D eigenvalue weighted by Crippen LogP contribution is -2.15. The third-order valence-electron chi connectivity index (χ3n) is 4.10. The van der Waals surface area contributed by atoms with E-state index in [1.165, 1.54) is 23.1 Å². The van der Waals surface area contributed by atoms with Crippen molar-refractivity contribution in [3.8, 4) is 17.1 Å². The number of benzene rings is 1. The molecule has 0 aliphatic heterocycles. The van der Waals surface area contributed by atoms with Crippen LogP contribution in [0.15, 0.2) is 29.4 Å². The number of nitrogens with one attached hydrogen (secondary N) is 1. The molecule has 0 bridgehead atoms. The Labute approximate surface area is 183 Å². The lowest BCUT2D eigenvalue weighted by Gasteiger charge is -2.10. The van der Waals surface area contributed by atoms with E-state index in [1.54, 1.807) is 14.2 Å². The van der Waals surface area contributed by atoms with Crippen LogP contribution in [-0.4, -0.2) is 57.4 Å². The van der Waals surface area contributed by atoms with Crippen molar-refractivity contribution in [2.75, 3.05) is 31.9 Å². The summed E-state index contributed by atoms with van der Waals surface area (Å²) in [5.41, 5.74) is 0.908. The average Bonchev–Trinajstić information content (AvgIpc) is 3.38. The summed E-state index contributed by atoms with van der Waals surface area (Å²) in [4.78, 5) is 12.3. The standard InChI is InChI=1S/C19H24N6O3S2/c1-12(2)17-22-23-18(30-17)20-15(26)11-29-19-24-21-16(25(19)9-10-27-3)13-5-7-14(28-4)8-6-13/h5-8,12H,9-11H2,1-4H3,(H,20,23,26). The smallest absolute Gasteiger partial charge is 0.236 e. The van der Waals surface area contributed by atoms with E-state index in [0.717, 1.165) is 16.3 Å². The summed E-state index contributed by atoms with van der Waals surface area (Å²) in [7, 11) is 3.27. The number of hydrogen-bond donors (Lipinski definition) is 1. The molecule has 1 aromatic carbocycles. The van der Waals surface area contributed by atoms with Gasteiger partial charge in [-0.3, -0.25) is 14.7 Å². The van der Waals surface area contributed by atoms with Crippen LogP contribution in [0.3, 0.4) is 0 Å². The van der Waals surface area contributed by atoms with Crippen LogP contribution in [0.2, 0.25) is 0 Å². The number of anilines is 1. The number of aromatic nitrogens is 5. The van der Waals surface area contributed by atoms with E-state index in [0.29, 0.717) is 29.3 Å². The fraction of sp³-hybridized carbons (Fsp3) is 0.421. The van der Waals surface area contributed by atoms with Crippen molar-refractivity contribution in [3.05, 3.63) is 29.3 Å². The number of rotatable bonds is 10. The van der Waals surface area contributed by atoms with Gasteiger partial charge in [0.2, 0.25) is 11.0 Å². The molecule has 0 aliphatic carbocycles. The highest BCUT2D eigenvalue weighted by molar-refractivity contribution is 7.99. The third-order valence-corrected chi connectivity index (χ3v) is 6.20. The van der Waals surface area contributed by atoms with Crippen LogP contribution in [0.4, 0.5) is 5.13 Å². The Bertz CT molecular complexity index is 971. The fourth-order valence-electron chi connectivity index (χ4n) is 2.54. The zero-order valence-corrected chi connectivity index (χ0v) is 18.9. The maximum absolute atomic E-state index is 12.3. The molecule has 0 saturated heterocycles. The lowest BCUT2D eigenvalue weighted by molar-refractivity contribution is -0.113. The first-order chi connectivity index (χ1) is 14.5. The Hall–Kier alpha value is -2.50. The zero-order valence-electron chi connectivity index (χ0n) is 17.3. The van der Waals surface area contributed by atoms with Crippen LogP contribution >= 0.6 is 23.1 Å². The molecule has 1 amide bonds. The first-order valence-corrected chi connectivity index (χ1v) is 11.1. The van der Waals surface area contributed by atoms with E-state index < -0.39 is 0 Å². The quantitative estimate of drug-likeness (QED) is 0.471. The first kappa shape index (κ1) is 22.2. The molecular formula is C19H24N6O3S2. The van der Waals surface area contributed by atoms with Gasteiger partial charge in [0.15, 0.2) is 11.0 Å². The first-order valence-electron chi connectivity index (χ1n) is 9.34. The molecule has 0 atom stereocenters. The number of ether oxygens (including phenoxy) is 2. The van der Waals surface area contributed by atoms with Gasteiger partial charge in [-0.15, -0.1) is 20.4 Å². The molecular weight excluding hydrogens is 424 g/mol. The molecule has 0 radical (unpaired) electrons. The second-order valence-electron chi connectivity index (χ2n) is 6.62. The molecule has 0 aliphatic rings. The molecule has 0 fully saturated rings. The minimum Gasteiger partial charge on any atom is -0.497 e. The number of nitrogens with zero attached hydrogens (tertiary/aromatic N) is 5. The van der Waals surface area contributed by atoms with Crippen molar-refractivity contribution in [1.29, 1.82) is 0 Å². The van der Waals surface area contributed by atoms with E-state index in [-0.39, 0.29) is 17.6 Å². The topological polar surface area (TPSA) is 104 Å². The Morgan fingerprint density at radius 1 is 1.17 bits per heavy atom. The van der Waals surface area contributed by atoms with Gasteiger partial charge in [-0.2, -0.15) is 0 Å². The number of hydrogen-bond acceptors (Lipinski definition) is 9. The fourth-order valence-corrected chi connectivity index (χ4v) is 4.06. The van der Waals surface area contributed by atoms with Crippen LogP contribution in [0.25, 0.3) is 11.4 Å². The monoisotopic (exact) mass is 448 g/mol. The molecule has 0 spiro atoms. The molecule has 160 valence electrons. The van der Waals surface area contributed by atoms with Crippen molar-refractivity contribution in [3.63, 3.8) is 0 Å². The van der Waals surface area contributed by atoms with Gasteiger partial charge in [0.05, 0.1) is 26.0 Å². The molecule has 0 saturated carbocycles. The summed E-state index contributed by atoms with van der Waals surface area (Å²) < 4.78 is 12.4. The number of carbonyl (C=O) groups excluding carboxylic acids is 1. The summed E-state index contributed by atoms with van der Waals surface area (Å²) in [6, 6.07) is 7.60. The maximum atomic E-state index is 12.3. The highest BCUT2D eigenvalue weighted by Gasteiger charge is 2.17. The average molecular weight is 449 g/mol. The number of methoxy groups -OCH3 is 2. The van der Waals surface area contributed by atoms with E-state index >= 15 is 0 Å². The third kappa shape index (κ3) is 5.55. The van der Waals surface area contributed by atoms with Crippen molar-refractivity contribution in [2.24, 2.45) is 0 Å². The molecule has 0 unspecified atom stereocenters. The molecule has 1 N–H and O–H groups in total. The van der Waals surface area contributed by atoms with Crippen LogP contribution in [0, 0.1) is 0 Å². The van der Waals surface area contributed by atoms with Crippen LogP contribution in [0.1, 0.15) is 24.8 Å². The predicted octanol–water partition coefficient (Wildman–Crippen LogP) is 3.31. The maximum Gasteiger partial charge on any atom is 0.236 e. The van der Waals surface area contributed by atoms with Crippen LogP contribution in [0.5, 0.6) is 5.75 Å². The molecule has 3 rings (SSSR count). The number of carbonyl (C=O) groups is 1. The van der Waals surface area contributed by atoms with Crippen LogP contribution < -0.4 is 10.1 Å². The Kier molecular flexibility index (Phi) is 7.77. The predicted molar refractivity (Wildman–Crippen MR) is 117 cm³/mol. The Balaban J connectivity index is 1.69. The second-order valence-corrected chi connectivity index (χ2v) is 8.57. The van der Waals surface area contributed by atoms with Gasteiger partial charge in [-0.05, 0) is 24.3 Å². The second kappa shape index (κ2) is 10.5. The van der Waals surface area contributed by atoms with E-state index in [2.05, 4.69) is 25.7 Å². The van der Waals surface area contributed by atoms with Crippen LogP contribution in [-0.2, 0) is 16.1 Å². The minimum atomic E-state index is -0.168. The van der Waals surface area contributed by atoms with Crippen molar-refractivity contribution in [2.45, 2.75) is 31.5 Å². The Morgan fingerprint density at radius 3 is 2.57 bits per heavy atom. The largest absolute Gasteiger partial charge is 0.497 e.